The molecule has 2 aromatic rings. The molecule has 0 aliphatic rings. The van der Waals surface area contributed by atoms with Crippen molar-refractivity contribution in [2.45, 2.75) is 19.3 Å². The molecule has 2 N–H and O–H groups in total. The van der Waals surface area contributed by atoms with Gasteiger partial charge in [-0.25, -0.2) is 0 Å². The summed E-state index contributed by atoms with van der Waals surface area (Å²) in [6.45, 7) is 3.94. The molecule has 19 heavy (non-hydrogen) atoms. The van der Waals surface area contributed by atoms with Crippen molar-refractivity contribution >= 4 is 31.9 Å². The van der Waals surface area contributed by atoms with Crippen LogP contribution in [-0.4, -0.2) is 10.2 Å². The lowest BCUT2D eigenvalue weighted by molar-refractivity contribution is 0.432. The van der Waals surface area contributed by atoms with Crippen molar-refractivity contribution in [2.75, 3.05) is 0 Å². The van der Waals surface area contributed by atoms with Gasteiger partial charge in [-0.15, -0.1) is 0 Å². The summed E-state index contributed by atoms with van der Waals surface area (Å²) in [5.41, 5.74) is 1.01. The Kier molecular flexibility index (Phi) is 3.92. The summed E-state index contributed by atoms with van der Waals surface area (Å²) in [5, 5.41) is 20.4. The van der Waals surface area contributed by atoms with E-state index in [0.717, 1.165) is 11.1 Å². The third kappa shape index (κ3) is 2.51. The molecule has 0 unspecified atom stereocenters. The predicted molar refractivity (Wildman–Crippen MR) is 83.7 cm³/mol. The second-order valence-corrected chi connectivity index (χ2v) is 6.61. The van der Waals surface area contributed by atoms with Crippen LogP contribution in [0.3, 0.4) is 0 Å². The number of hydrogen-bond acceptors (Lipinski definition) is 2. The van der Waals surface area contributed by atoms with Gasteiger partial charge in [0, 0.05) is 16.5 Å². The predicted octanol–water partition coefficient (Wildman–Crippen LogP) is 4.95. The number of hydrogen-bond donors (Lipinski definition) is 2. The van der Waals surface area contributed by atoms with Gasteiger partial charge in [-0.1, -0.05) is 38.1 Å². The minimum atomic E-state index is -0.512. The van der Waals surface area contributed by atoms with Crippen LogP contribution in [0.4, 0.5) is 0 Å². The van der Waals surface area contributed by atoms with Crippen LogP contribution >= 0.6 is 31.9 Å². The maximum absolute atomic E-state index is 10.2. The Morgan fingerprint density at radius 2 is 1.16 bits per heavy atom. The van der Waals surface area contributed by atoms with Gasteiger partial charge in [-0.2, -0.15) is 0 Å². The molecule has 0 aliphatic heterocycles. The molecule has 0 heterocycles. The second kappa shape index (κ2) is 5.17. The van der Waals surface area contributed by atoms with E-state index in [1.165, 1.54) is 0 Å². The maximum Gasteiger partial charge on any atom is 0.133 e. The summed E-state index contributed by atoms with van der Waals surface area (Å²) in [7, 11) is 0. The third-order valence-corrected chi connectivity index (χ3v) is 4.60. The molecule has 4 heteroatoms. The first-order valence-electron chi connectivity index (χ1n) is 5.81. The van der Waals surface area contributed by atoms with Crippen molar-refractivity contribution in [3.8, 4) is 11.5 Å². The van der Waals surface area contributed by atoms with Gasteiger partial charge in [0.15, 0.2) is 0 Å². The smallest absolute Gasteiger partial charge is 0.133 e. The molecular formula is C15H14Br2O2. The second-order valence-electron chi connectivity index (χ2n) is 4.90. The zero-order valence-corrected chi connectivity index (χ0v) is 13.8. The summed E-state index contributed by atoms with van der Waals surface area (Å²) in [6, 6.07) is 11.0. The minimum absolute atomic E-state index is 0.201. The van der Waals surface area contributed by atoms with E-state index in [0.29, 0.717) is 8.95 Å². The Morgan fingerprint density at radius 3 is 1.53 bits per heavy atom. The van der Waals surface area contributed by atoms with Crippen LogP contribution in [0.15, 0.2) is 45.3 Å². The Labute approximate surface area is 129 Å². The van der Waals surface area contributed by atoms with Crippen molar-refractivity contribution < 1.29 is 10.2 Å². The van der Waals surface area contributed by atoms with E-state index in [1.54, 1.807) is 12.1 Å². The first-order valence-corrected chi connectivity index (χ1v) is 7.40. The highest BCUT2D eigenvalue weighted by Crippen LogP contribution is 2.44. The number of halogens is 2. The first kappa shape index (κ1) is 14.4. The van der Waals surface area contributed by atoms with Gasteiger partial charge in [0.25, 0.3) is 0 Å². The number of rotatable bonds is 2. The lowest BCUT2D eigenvalue weighted by Crippen LogP contribution is -2.19. The molecule has 0 radical (unpaired) electrons. The van der Waals surface area contributed by atoms with Gasteiger partial charge in [-0.3, -0.25) is 0 Å². The molecule has 0 aromatic heterocycles. The Morgan fingerprint density at radius 1 is 0.789 bits per heavy atom. The minimum Gasteiger partial charge on any atom is -0.506 e. The molecule has 0 fully saturated rings. The van der Waals surface area contributed by atoms with Gasteiger partial charge in [0.1, 0.15) is 11.5 Å². The standard InChI is InChI=1S/C15H14Br2O2/c1-15(2,9-5-3-7-11(16)13(9)18)10-6-4-8-12(17)14(10)19/h3-8,18-19H,1-2H3. The van der Waals surface area contributed by atoms with Crippen molar-refractivity contribution in [3.63, 3.8) is 0 Å². The van der Waals surface area contributed by atoms with Crippen LogP contribution in [0.1, 0.15) is 25.0 Å². The van der Waals surface area contributed by atoms with E-state index in [1.807, 2.05) is 38.1 Å². The first-order chi connectivity index (χ1) is 8.85. The number of phenolic OH excluding ortho intramolecular Hbond substituents is 2. The van der Waals surface area contributed by atoms with Gasteiger partial charge < -0.3 is 10.2 Å². The molecule has 100 valence electrons. The summed E-state index contributed by atoms with van der Waals surface area (Å²) in [4.78, 5) is 0. The Balaban J connectivity index is 2.65. The zero-order valence-electron chi connectivity index (χ0n) is 10.6. The van der Waals surface area contributed by atoms with Gasteiger partial charge in [0.2, 0.25) is 0 Å². The highest BCUT2D eigenvalue weighted by atomic mass is 79.9. The van der Waals surface area contributed by atoms with Crippen molar-refractivity contribution in [1.29, 1.82) is 0 Å². The fourth-order valence-electron chi connectivity index (χ4n) is 2.18. The lowest BCUT2D eigenvalue weighted by Gasteiger charge is -2.28. The molecule has 0 aliphatic carbocycles. The van der Waals surface area contributed by atoms with Crippen molar-refractivity contribution in [3.05, 3.63) is 56.5 Å². The fraction of sp³-hybridized carbons (Fsp3) is 0.200. The summed E-state index contributed by atoms with van der Waals surface area (Å²) in [5.74, 6) is 0.402. The van der Waals surface area contributed by atoms with E-state index >= 15 is 0 Å². The largest absolute Gasteiger partial charge is 0.506 e. The molecule has 0 amide bonds. The topological polar surface area (TPSA) is 40.5 Å². The molecular weight excluding hydrogens is 372 g/mol. The number of aromatic hydroxyl groups is 2. The van der Waals surface area contributed by atoms with Crippen LogP contribution in [0.25, 0.3) is 0 Å². The van der Waals surface area contributed by atoms with Crippen LogP contribution in [0.5, 0.6) is 11.5 Å². The summed E-state index contributed by atoms with van der Waals surface area (Å²) in [6.07, 6.45) is 0. The molecule has 0 atom stereocenters. The van der Waals surface area contributed by atoms with Gasteiger partial charge in [-0.05, 0) is 44.0 Å². The molecule has 0 spiro atoms. The Hall–Kier alpha value is -1.00. The summed E-state index contributed by atoms with van der Waals surface area (Å²) < 4.78 is 1.29. The van der Waals surface area contributed by atoms with E-state index in [4.69, 9.17) is 0 Å². The van der Waals surface area contributed by atoms with Crippen LogP contribution in [-0.2, 0) is 5.41 Å². The van der Waals surface area contributed by atoms with E-state index < -0.39 is 5.41 Å². The monoisotopic (exact) mass is 384 g/mol. The molecule has 2 nitrogen and oxygen atoms in total. The third-order valence-electron chi connectivity index (χ3n) is 3.32. The van der Waals surface area contributed by atoms with Gasteiger partial charge in [0.05, 0.1) is 8.95 Å². The van der Waals surface area contributed by atoms with Crippen LogP contribution in [0.2, 0.25) is 0 Å². The Bertz CT molecular complexity index is 568. The molecule has 0 bridgehead atoms. The van der Waals surface area contributed by atoms with Crippen LogP contribution < -0.4 is 0 Å². The number of phenols is 2. The average Bonchev–Trinajstić information content (AvgIpc) is 2.35. The van der Waals surface area contributed by atoms with Crippen LogP contribution in [0, 0.1) is 0 Å². The highest BCUT2D eigenvalue weighted by Gasteiger charge is 2.30. The molecule has 2 rings (SSSR count). The maximum atomic E-state index is 10.2. The average molecular weight is 386 g/mol. The van der Waals surface area contributed by atoms with E-state index in [2.05, 4.69) is 31.9 Å². The molecule has 0 saturated carbocycles. The molecule has 2 aromatic carbocycles. The van der Waals surface area contributed by atoms with E-state index in [-0.39, 0.29) is 11.5 Å². The number of para-hydroxylation sites is 2. The molecule has 0 saturated heterocycles. The quantitative estimate of drug-likeness (QED) is 0.767. The van der Waals surface area contributed by atoms with Crippen molar-refractivity contribution in [2.24, 2.45) is 0 Å². The van der Waals surface area contributed by atoms with Gasteiger partial charge >= 0.3 is 0 Å². The zero-order chi connectivity index (χ0) is 14.2. The fourth-order valence-corrected chi connectivity index (χ4v) is 2.92. The highest BCUT2D eigenvalue weighted by molar-refractivity contribution is 9.10. The SMILES string of the molecule is CC(C)(c1cccc(Br)c1O)c1cccc(Br)c1O. The van der Waals surface area contributed by atoms with Crippen molar-refractivity contribution in [1.82, 2.24) is 0 Å². The normalized spacial score (nSPS) is 11.6. The van der Waals surface area contributed by atoms with E-state index in [9.17, 15) is 10.2 Å². The number of benzene rings is 2. The lowest BCUT2D eigenvalue weighted by atomic mass is 9.77. The summed E-state index contributed by atoms with van der Waals surface area (Å²) >= 11 is 6.64.